The highest BCUT2D eigenvalue weighted by molar-refractivity contribution is 5.88. The quantitative estimate of drug-likeness (QED) is 0.626. The van der Waals surface area contributed by atoms with Crippen LogP contribution in [0.15, 0.2) is 48.7 Å². The number of nitrogens with zero attached hydrogens (tertiary/aromatic N) is 2. The lowest BCUT2D eigenvalue weighted by molar-refractivity contribution is 0.300. The van der Waals surface area contributed by atoms with E-state index >= 15 is 0 Å². The van der Waals surface area contributed by atoms with Crippen molar-refractivity contribution in [1.29, 1.82) is 0 Å². The van der Waals surface area contributed by atoms with Crippen LogP contribution in [0.3, 0.4) is 0 Å². The molecule has 4 aromatic rings. The van der Waals surface area contributed by atoms with E-state index in [2.05, 4.69) is 9.97 Å². The Hall–Kier alpha value is -2.95. The summed E-state index contributed by atoms with van der Waals surface area (Å²) in [7, 11) is 3.67. The molecule has 2 heterocycles. The number of hydrogen-bond donors (Lipinski definition) is 1. The molecule has 0 saturated heterocycles. The molecule has 0 unspecified atom stereocenters. The lowest BCUT2D eigenvalue weighted by atomic mass is 10.2. The summed E-state index contributed by atoms with van der Waals surface area (Å²) < 4.78 is 13.3. The zero-order valence-corrected chi connectivity index (χ0v) is 13.0. The van der Waals surface area contributed by atoms with E-state index in [4.69, 9.17) is 9.47 Å². The van der Waals surface area contributed by atoms with Crippen molar-refractivity contribution in [1.82, 2.24) is 14.5 Å². The van der Waals surface area contributed by atoms with Gasteiger partial charge in [0.2, 0.25) is 0 Å². The molecule has 23 heavy (non-hydrogen) atoms. The molecule has 0 saturated carbocycles. The number of fused-ring (bicyclic) bond motifs is 2. The number of imidazole rings is 1. The maximum atomic E-state index is 5.99. The number of nitrogens with one attached hydrogen (secondary N) is 1. The minimum Gasteiger partial charge on any atom is -0.497 e. The van der Waals surface area contributed by atoms with E-state index < -0.39 is 0 Å². The number of H-pyrrole nitrogens is 1. The van der Waals surface area contributed by atoms with Gasteiger partial charge in [0.05, 0.1) is 23.7 Å². The molecule has 0 fully saturated rings. The fraction of sp³-hybridized carbons (Fsp3) is 0.167. The van der Waals surface area contributed by atoms with Crippen LogP contribution in [0.1, 0.15) is 5.82 Å². The van der Waals surface area contributed by atoms with Gasteiger partial charge in [0.15, 0.2) is 0 Å². The average Bonchev–Trinajstić information content (AvgIpc) is 3.13. The van der Waals surface area contributed by atoms with Crippen LogP contribution in [0.25, 0.3) is 21.9 Å². The summed E-state index contributed by atoms with van der Waals surface area (Å²) in [6, 6.07) is 13.9. The number of methoxy groups -OCH3 is 1. The van der Waals surface area contributed by atoms with Crippen molar-refractivity contribution in [2.45, 2.75) is 6.61 Å². The van der Waals surface area contributed by atoms with Gasteiger partial charge >= 0.3 is 0 Å². The van der Waals surface area contributed by atoms with E-state index in [0.717, 1.165) is 39.3 Å². The second kappa shape index (κ2) is 5.35. The van der Waals surface area contributed by atoms with Crippen molar-refractivity contribution < 1.29 is 9.47 Å². The van der Waals surface area contributed by atoms with Gasteiger partial charge in [-0.25, -0.2) is 4.98 Å². The summed E-state index contributed by atoms with van der Waals surface area (Å²) in [4.78, 5) is 7.81. The Morgan fingerprint density at radius 2 is 2.04 bits per heavy atom. The monoisotopic (exact) mass is 307 g/mol. The van der Waals surface area contributed by atoms with Crippen molar-refractivity contribution in [3.05, 3.63) is 54.5 Å². The summed E-state index contributed by atoms with van der Waals surface area (Å²) in [6.07, 6.45) is 1.98. The van der Waals surface area contributed by atoms with Gasteiger partial charge in [0, 0.05) is 18.6 Å². The zero-order valence-electron chi connectivity index (χ0n) is 13.0. The maximum Gasteiger partial charge on any atom is 0.146 e. The lowest BCUT2D eigenvalue weighted by Crippen LogP contribution is -1.97. The number of ether oxygens (including phenoxy) is 2. The molecule has 2 aromatic carbocycles. The number of para-hydroxylation sites is 2. The highest BCUT2D eigenvalue weighted by Crippen LogP contribution is 2.31. The van der Waals surface area contributed by atoms with E-state index in [1.165, 1.54) is 0 Å². The van der Waals surface area contributed by atoms with Crippen LogP contribution < -0.4 is 9.47 Å². The molecule has 0 amide bonds. The summed E-state index contributed by atoms with van der Waals surface area (Å²) in [6.45, 7) is 0.394. The van der Waals surface area contributed by atoms with Crippen molar-refractivity contribution in [3.63, 3.8) is 0 Å². The summed E-state index contributed by atoms with van der Waals surface area (Å²) in [5.41, 5.74) is 3.07. The van der Waals surface area contributed by atoms with E-state index in [1.54, 1.807) is 7.11 Å². The van der Waals surface area contributed by atoms with Crippen LogP contribution in [-0.4, -0.2) is 21.6 Å². The third-order valence-electron chi connectivity index (χ3n) is 3.96. The number of aromatic nitrogens is 3. The van der Waals surface area contributed by atoms with Crippen LogP contribution in [0.4, 0.5) is 0 Å². The first-order valence-corrected chi connectivity index (χ1v) is 7.44. The third-order valence-corrected chi connectivity index (χ3v) is 3.96. The fourth-order valence-electron chi connectivity index (χ4n) is 2.80. The Morgan fingerprint density at radius 1 is 1.17 bits per heavy atom. The fourth-order valence-corrected chi connectivity index (χ4v) is 2.80. The molecule has 4 rings (SSSR count). The van der Waals surface area contributed by atoms with Gasteiger partial charge in [-0.1, -0.05) is 12.1 Å². The van der Waals surface area contributed by atoms with Gasteiger partial charge in [-0.3, -0.25) is 0 Å². The normalized spacial score (nSPS) is 11.2. The Balaban J connectivity index is 1.64. The molecular weight excluding hydrogens is 290 g/mol. The van der Waals surface area contributed by atoms with Crippen molar-refractivity contribution in [2.24, 2.45) is 7.05 Å². The third kappa shape index (κ3) is 2.40. The number of aryl methyl sites for hydroxylation is 1. The highest BCUT2D eigenvalue weighted by atomic mass is 16.5. The SMILES string of the molecule is COc1ccc2c(c1)c(OCc1nc3ccccc3[nH]1)cn2C. The van der Waals surface area contributed by atoms with Crippen LogP contribution in [0.2, 0.25) is 0 Å². The largest absolute Gasteiger partial charge is 0.497 e. The first-order valence-electron chi connectivity index (χ1n) is 7.44. The molecule has 0 bridgehead atoms. The minimum absolute atomic E-state index is 0.394. The van der Waals surface area contributed by atoms with Crippen LogP contribution in [0, 0.1) is 0 Å². The Morgan fingerprint density at radius 3 is 2.87 bits per heavy atom. The number of rotatable bonds is 4. The topological polar surface area (TPSA) is 52.1 Å². The number of hydrogen-bond acceptors (Lipinski definition) is 3. The molecule has 0 aliphatic heterocycles. The van der Waals surface area contributed by atoms with Gasteiger partial charge in [-0.05, 0) is 30.3 Å². The van der Waals surface area contributed by atoms with Crippen LogP contribution in [-0.2, 0) is 13.7 Å². The summed E-state index contributed by atoms with van der Waals surface area (Å²) >= 11 is 0. The van der Waals surface area contributed by atoms with Gasteiger partial charge in [-0.15, -0.1) is 0 Å². The smallest absolute Gasteiger partial charge is 0.146 e. The Bertz CT molecular complexity index is 951. The molecule has 116 valence electrons. The number of benzene rings is 2. The van der Waals surface area contributed by atoms with Gasteiger partial charge in [0.25, 0.3) is 0 Å². The number of aromatic amines is 1. The first-order chi connectivity index (χ1) is 11.2. The predicted octanol–water partition coefficient (Wildman–Crippen LogP) is 3.64. The van der Waals surface area contributed by atoms with Crippen molar-refractivity contribution in [2.75, 3.05) is 7.11 Å². The molecule has 0 aliphatic rings. The molecule has 2 aromatic heterocycles. The Labute approximate surface area is 133 Å². The van der Waals surface area contributed by atoms with Gasteiger partial charge in [-0.2, -0.15) is 0 Å². The molecule has 0 spiro atoms. The molecule has 5 nitrogen and oxygen atoms in total. The van der Waals surface area contributed by atoms with E-state index in [1.807, 2.05) is 60.3 Å². The molecule has 0 radical (unpaired) electrons. The van der Waals surface area contributed by atoms with E-state index in [-0.39, 0.29) is 0 Å². The Kier molecular flexibility index (Phi) is 3.19. The predicted molar refractivity (Wildman–Crippen MR) is 89.9 cm³/mol. The lowest BCUT2D eigenvalue weighted by Gasteiger charge is -2.03. The standard InChI is InChI=1S/C18H17N3O2/c1-21-10-17(13-9-12(22-2)7-8-16(13)21)23-11-18-19-14-5-3-4-6-15(14)20-18/h3-10H,11H2,1-2H3,(H,19,20). The van der Waals surface area contributed by atoms with Gasteiger partial charge < -0.3 is 19.0 Å². The zero-order chi connectivity index (χ0) is 15.8. The maximum absolute atomic E-state index is 5.99. The second-order valence-electron chi connectivity index (χ2n) is 5.48. The molecule has 5 heteroatoms. The van der Waals surface area contributed by atoms with Gasteiger partial charge in [0.1, 0.15) is 23.9 Å². The summed E-state index contributed by atoms with van der Waals surface area (Å²) in [5.74, 6) is 2.45. The minimum atomic E-state index is 0.394. The van der Waals surface area contributed by atoms with Crippen molar-refractivity contribution >= 4 is 21.9 Å². The van der Waals surface area contributed by atoms with Crippen LogP contribution >= 0.6 is 0 Å². The molecule has 0 atom stereocenters. The first kappa shape index (κ1) is 13.7. The van der Waals surface area contributed by atoms with Crippen LogP contribution in [0.5, 0.6) is 11.5 Å². The van der Waals surface area contributed by atoms with E-state index in [9.17, 15) is 0 Å². The summed E-state index contributed by atoms with van der Waals surface area (Å²) in [5, 5.41) is 1.03. The highest BCUT2D eigenvalue weighted by Gasteiger charge is 2.10. The molecule has 0 aliphatic carbocycles. The van der Waals surface area contributed by atoms with E-state index in [0.29, 0.717) is 6.61 Å². The average molecular weight is 307 g/mol. The molecular formula is C18H17N3O2. The van der Waals surface area contributed by atoms with Crippen molar-refractivity contribution in [3.8, 4) is 11.5 Å². The molecule has 1 N–H and O–H groups in total. The second-order valence-corrected chi connectivity index (χ2v) is 5.48.